The number of aromatic nitrogens is 2. The van der Waals surface area contributed by atoms with Crippen LogP contribution >= 0.6 is 0 Å². The molecule has 0 spiro atoms. The Labute approximate surface area is 163 Å². The van der Waals surface area contributed by atoms with Crippen molar-refractivity contribution in [2.75, 3.05) is 11.8 Å². The van der Waals surface area contributed by atoms with Crippen LogP contribution < -0.4 is 9.46 Å². The molecule has 0 aliphatic heterocycles. The Morgan fingerprint density at radius 1 is 1.00 bits per heavy atom. The number of nitrogens with one attached hydrogen (secondary N) is 1. The van der Waals surface area contributed by atoms with Gasteiger partial charge in [-0.1, -0.05) is 42.5 Å². The monoisotopic (exact) mass is 393 g/mol. The van der Waals surface area contributed by atoms with Crippen LogP contribution in [0.15, 0.2) is 84.0 Å². The summed E-state index contributed by atoms with van der Waals surface area (Å²) in [7, 11) is -2.08. The van der Waals surface area contributed by atoms with Crippen LogP contribution in [-0.4, -0.2) is 25.3 Å². The van der Waals surface area contributed by atoms with Gasteiger partial charge in [0.25, 0.3) is 10.0 Å². The fraction of sp³-hybridized carbons (Fsp3) is 0.0952. The van der Waals surface area contributed by atoms with E-state index in [1.165, 1.54) is 6.20 Å². The molecule has 0 radical (unpaired) electrons. The topological polar surface area (TPSA) is 73.2 Å². The molecular formula is C21H19N3O3S. The molecule has 4 aromatic rings. The summed E-state index contributed by atoms with van der Waals surface area (Å²) in [4.78, 5) is 0.215. The van der Waals surface area contributed by atoms with Crippen molar-refractivity contribution in [1.29, 1.82) is 0 Å². The summed E-state index contributed by atoms with van der Waals surface area (Å²) in [6.45, 7) is 0.509. The quantitative estimate of drug-likeness (QED) is 0.539. The fourth-order valence-corrected chi connectivity index (χ4v) is 4.07. The lowest BCUT2D eigenvalue weighted by Crippen LogP contribution is -2.12. The van der Waals surface area contributed by atoms with Crippen molar-refractivity contribution >= 4 is 26.5 Å². The zero-order valence-corrected chi connectivity index (χ0v) is 16.1. The Hall–Kier alpha value is -3.32. The van der Waals surface area contributed by atoms with Crippen molar-refractivity contribution in [1.82, 2.24) is 9.78 Å². The van der Waals surface area contributed by atoms with Gasteiger partial charge < -0.3 is 4.74 Å². The van der Waals surface area contributed by atoms with E-state index in [9.17, 15) is 8.42 Å². The minimum Gasteiger partial charge on any atom is -0.497 e. The number of fused-ring (bicyclic) bond motifs is 1. The maximum Gasteiger partial charge on any atom is 0.262 e. The first-order valence-corrected chi connectivity index (χ1v) is 10.2. The molecule has 0 amide bonds. The highest BCUT2D eigenvalue weighted by Crippen LogP contribution is 2.21. The van der Waals surface area contributed by atoms with Crippen molar-refractivity contribution < 1.29 is 13.2 Å². The second-order valence-electron chi connectivity index (χ2n) is 6.39. The second-order valence-corrected chi connectivity index (χ2v) is 8.07. The number of nitrogens with zero attached hydrogens (tertiary/aromatic N) is 2. The van der Waals surface area contributed by atoms with Gasteiger partial charge in [-0.15, -0.1) is 0 Å². The highest BCUT2D eigenvalue weighted by molar-refractivity contribution is 7.92. The number of methoxy groups -OCH3 is 1. The summed E-state index contributed by atoms with van der Waals surface area (Å²) in [6, 6.07) is 20.4. The first-order valence-electron chi connectivity index (χ1n) is 8.70. The number of rotatable bonds is 6. The highest BCUT2D eigenvalue weighted by atomic mass is 32.2. The molecule has 0 fully saturated rings. The molecule has 0 saturated heterocycles. The minimum atomic E-state index is -3.70. The Bertz CT molecular complexity index is 1230. The van der Waals surface area contributed by atoms with E-state index in [1.807, 2.05) is 48.5 Å². The first-order chi connectivity index (χ1) is 13.5. The van der Waals surface area contributed by atoms with E-state index in [4.69, 9.17) is 4.74 Å². The van der Waals surface area contributed by atoms with Crippen molar-refractivity contribution in [3.05, 3.63) is 84.7 Å². The minimum absolute atomic E-state index is 0.215. The van der Waals surface area contributed by atoms with E-state index in [1.54, 1.807) is 36.2 Å². The van der Waals surface area contributed by atoms with Gasteiger partial charge in [0.2, 0.25) is 0 Å². The number of ether oxygens (including phenoxy) is 1. The summed E-state index contributed by atoms with van der Waals surface area (Å²) in [5.74, 6) is 0.766. The second kappa shape index (κ2) is 7.36. The SMILES string of the molecule is COc1cccc(Cn2cc(NS(=O)(=O)c3ccc4ccccc4c3)cn2)c1. The molecule has 0 atom stereocenters. The molecule has 7 heteroatoms. The molecule has 1 N–H and O–H groups in total. The Morgan fingerprint density at radius 2 is 1.82 bits per heavy atom. The normalized spacial score (nSPS) is 11.5. The van der Waals surface area contributed by atoms with Gasteiger partial charge in [-0.25, -0.2) is 8.42 Å². The van der Waals surface area contributed by atoms with Gasteiger partial charge in [0.1, 0.15) is 5.75 Å². The van der Waals surface area contributed by atoms with Crippen LogP contribution in [0.5, 0.6) is 5.75 Å². The maximum atomic E-state index is 12.7. The number of hydrogen-bond acceptors (Lipinski definition) is 4. The molecule has 0 saturated carbocycles. The fourth-order valence-electron chi connectivity index (χ4n) is 3.01. The predicted octanol–water partition coefficient (Wildman–Crippen LogP) is 3.89. The molecule has 0 aliphatic carbocycles. The highest BCUT2D eigenvalue weighted by Gasteiger charge is 2.15. The third-order valence-corrected chi connectivity index (χ3v) is 5.77. The molecular weight excluding hydrogens is 374 g/mol. The third-order valence-electron chi connectivity index (χ3n) is 4.40. The van der Waals surface area contributed by atoms with Gasteiger partial charge in [0.15, 0.2) is 0 Å². The molecule has 1 aromatic heterocycles. The van der Waals surface area contributed by atoms with Gasteiger partial charge >= 0.3 is 0 Å². The van der Waals surface area contributed by atoms with Crippen LogP contribution in [0.3, 0.4) is 0 Å². The number of anilines is 1. The largest absolute Gasteiger partial charge is 0.497 e. The summed E-state index contributed by atoms with van der Waals surface area (Å²) in [6.07, 6.45) is 3.16. The van der Waals surface area contributed by atoms with Gasteiger partial charge in [-0.3, -0.25) is 9.40 Å². The van der Waals surface area contributed by atoms with Gasteiger partial charge in [-0.2, -0.15) is 5.10 Å². The Kier molecular flexibility index (Phi) is 4.75. The number of hydrogen-bond donors (Lipinski definition) is 1. The van der Waals surface area contributed by atoms with Crippen LogP contribution in [0.2, 0.25) is 0 Å². The van der Waals surface area contributed by atoms with Crippen LogP contribution in [0.1, 0.15) is 5.56 Å². The third kappa shape index (κ3) is 3.84. The van der Waals surface area contributed by atoms with Crippen LogP contribution in [0.4, 0.5) is 5.69 Å². The summed E-state index contributed by atoms with van der Waals surface area (Å²) >= 11 is 0. The molecule has 6 nitrogen and oxygen atoms in total. The molecule has 0 bridgehead atoms. The summed E-state index contributed by atoms with van der Waals surface area (Å²) < 4.78 is 35.0. The molecule has 4 rings (SSSR count). The lowest BCUT2D eigenvalue weighted by atomic mass is 10.1. The van der Waals surface area contributed by atoms with E-state index < -0.39 is 10.0 Å². The smallest absolute Gasteiger partial charge is 0.262 e. The Balaban J connectivity index is 1.53. The van der Waals surface area contributed by atoms with Gasteiger partial charge in [-0.05, 0) is 40.6 Å². The average molecular weight is 393 g/mol. The van der Waals surface area contributed by atoms with Crippen molar-refractivity contribution in [3.63, 3.8) is 0 Å². The number of sulfonamides is 1. The van der Waals surface area contributed by atoms with Crippen molar-refractivity contribution in [2.45, 2.75) is 11.4 Å². The molecule has 0 unspecified atom stereocenters. The zero-order valence-electron chi connectivity index (χ0n) is 15.2. The standard InChI is InChI=1S/C21H19N3O3S/c1-27-20-8-4-5-16(11-20)14-24-15-19(13-22-24)23-28(25,26)21-10-9-17-6-2-3-7-18(17)12-21/h2-13,15,23H,14H2,1H3. The predicted molar refractivity (Wildman–Crippen MR) is 109 cm³/mol. The number of benzene rings is 3. The Morgan fingerprint density at radius 3 is 2.64 bits per heavy atom. The molecule has 1 heterocycles. The van der Waals surface area contributed by atoms with E-state index in [0.29, 0.717) is 12.2 Å². The van der Waals surface area contributed by atoms with Crippen molar-refractivity contribution in [2.24, 2.45) is 0 Å². The molecule has 3 aromatic carbocycles. The van der Waals surface area contributed by atoms with Gasteiger partial charge in [0, 0.05) is 6.20 Å². The molecule has 28 heavy (non-hydrogen) atoms. The lowest BCUT2D eigenvalue weighted by molar-refractivity contribution is 0.414. The summed E-state index contributed by atoms with van der Waals surface area (Å²) in [5, 5.41) is 6.11. The molecule has 142 valence electrons. The zero-order chi connectivity index (χ0) is 19.6. The van der Waals surface area contributed by atoms with E-state index in [2.05, 4.69) is 9.82 Å². The van der Waals surface area contributed by atoms with Crippen LogP contribution in [-0.2, 0) is 16.6 Å². The average Bonchev–Trinajstić information content (AvgIpc) is 3.13. The van der Waals surface area contributed by atoms with Crippen LogP contribution in [0.25, 0.3) is 10.8 Å². The first kappa shape index (κ1) is 18.1. The maximum absolute atomic E-state index is 12.7. The van der Waals surface area contributed by atoms with Crippen molar-refractivity contribution in [3.8, 4) is 5.75 Å². The van der Waals surface area contributed by atoms with Gasteiger partial charge in [0.05, 0.1) is 30.4 Å². The van der Waals surface area contributed by atoms with Crippen LogP contribution in [0, 0.1) is 0 Å². The van der Waals surface area contributed by atoms with E-state index in [0.717, 1.165) is 22.1 Å². The molecule has 0 aliphatic rings. The van der Waals surface area contributed by atoms with E-state index in [-0.39, 0.29) is 4.90 Å². The summed E-state index contributed by atoms with van der Waals surface area (Å²) in [5.41, 5.74) is 1.42. The lowest BCUT2D eigenvalue weighted by Gasteiger charge is -2.07. The van der Waals surface area contributed by atoms with E-state index >= 15 is 0 Å².